The summed E-state index contributed by atoms with van der Waals surface area (Å²) in [6.07, 6.45) is 1.93. The number of rotatable bonds is 7. The van der Waals surface area contributed by atoms with Crippen molar-refractivity contribution in [3.8, 4) is 5.75 Å². The molecule has 0 radical (unpaired) electrons. The molecule has 0 saturated heterocycles. The maximum absolute atomic E-state index is 11.7. The highest BCUT2D eigenvalue weighted by molar-refractivity contribution is 5.81. The maximum Gasteiger partial charge on any atom is 0.260 e. The molecule has 1 aromatic heterocycles. The van der Waals surface area contributed by atoms with Gasteiger partial charge in [0.25, 0.3) is 5.91 Å². The van der Waals surface area contributed by atoms with Crippen LogP contribution in [0, 0.1) is 6.92 Å². The summed E-state index contributed by atoms with van der Waals surface area (Å²) in [6, 6.07) is 3.39. The first-order valence-electron chi connectivity index (χ1n) is 6.45. The molecule has 5 heteroatoms. The van der Waals surface area contributed by atoms with E-state index >= 15 is 0 Å². The summed E-state index contributed by atoms with van der Waals surface area (Å²) in [5, 5.41) is 2.78. The molecule has 1 heterocycles. The Labute approximate surface area is 113 Å². The first-order chi connectivity index (χ1) is 9.08. The second-order valence-corrected chi connectivity index (χ2v) is 4.36. The predicted molar refractivity (Wildman–Crippen MR) is 72.4 cm³/mol. The molecule has 1 rings (SSSR count). The van der Waals surface area contributed by atoms with Crippen molar-refractivity contribution in [2.24, 2.45) is 0 Å². The minimum Gasteiger partial charge on any atom is -0.479 e. The highest BCUT2D eigenvalue weighted by Crippen LogP contribution is 2.16. The molecule has 0 saturated carbocycles. The minimum atomic E-state index is -0.653. The van der Waals surface area contributed by atoms with Crippen LogP contribution in [0.1, 0.15) is 42.9 Å². The Hall–Kier alpha value is -1.91. The second kappa shape index (κ2) is 7.51. The van der Waals surface area contributed by atoms with E-state index in [1.54, 1.807) is 26.0 Å². The Morgan fingerprint density at radius 2 is 2.26 bits per heavy atom. The van der Waals surface area contributed by atoms with Gasteiger partial charge in [0.1, 0.15) is 11.4 Å². The van der Waals surface area contributed by atoms with Crippen LogP contribution in [0.5, 0.6) is 5.75 Å². The van der Waals surface area contributed by atoms with E-state index in [4.69, 9.17) is 4.74 Å². The van der Waals surface area contributed by atoms with Crippen LogP contribution in [-0.4, -0.2) is 29.8 Å². The standard InChI is InChI=1S/C14H20N2O3/c1-4-5-8-15-14(18)11(3)19-13-7-6-10(2)16-12(13)9-17/h6-7,9,11H,4-5,8H2,1-3H3,(H,15,18). The number of ether oxygens (including phenoxy) is 1. The normalized spacial score (nSPS) is 11.7. The Kier molecular flexibility index (Phi) is 5.99. The average Bonchev–Trinajstić information content (AvgIpc) is 2.40. The zero-order valence-corrected chi connectivity index (χ0v) is 11.6. The van der Waals surface area contributed by atoms with Crippen LogP contribution in [0.25, 0.3) is 0 Å². The van der Waals surface area contributed by atoms with E-state index in [0.717, 1.165) is 18.5 Å². The number of hydrogen-bond acceptors (Lipinski definition) is 4. The number of carbonyl (C=O) groups is 2. The van der Waals surface area contributed by atoms with Crippen molar-refractivity contribution in [3.63, 3.8) is 0 Å². The lowest BCUT2D eigenvalue weighted by Gasteiger charge is -2.15. The molecule has 0 aromatic carbocycles. The highest BCUT2D eigenvalue weighted by atomic mass is 16.5. The number of aromatic nitrogens is 1. The first kappa shape index (κ1) is 15.1. The number of pyridine rings is 1. The van der Waals surface area contributed by atoms with Gasteiger partial charge in [-0.2, -0.15) is 0 Å². The maximum atomic E-state index is 11.7. The van der Waals surface area contributed by atoms with Gasteiger partial charge in [0.15, 0.2) is 12.4 Å². The Bertz CT molecular complexity index is 446. The van der Waals surface area contributed by atoms with Crippen LogP contribution in [0.4, 0.5) is 0 Å². The fourth-order valence-corrected chi connectivity index (χ4v) is 1.52. The van der Waals surface area contributed by atoms with Gasteiger partial charge in [0, 0.05) is 12.2 Å². The summed E-state index contributed by atoms with van der Waals surface area (Å²) in [6.45, 7) is 6.13. The monoisotopic (exact) mass is 264 g/mol. The van der Waals surface area contributed by atoms with Crippen LogP contribution < -0.4 is 10.1 Å². The van der Waals surface area contributed by atoms with Crippen molar-refractivity contribution < 1.29 is 14.3 Å². The lowest BCUT2D eigenvalue weighted by molar-refractivity contribution is -0.127. The number of nitrogens with zero attached hydrogens (tertiary/aromatic N) is 1. The second-order valence-electron chi connectivity index (χ2n) is 4.36. The molecule has 0 spiro atoms. The molecule has 104 valence electrons. The van der Waals surface area contributed by atoms with E-state index < -0.39 is 6.10 Å². The Morgan fingerprint density at radius 1 is 1.53 bits per heavy atom. The van der Waals surface area contributed by atoms with Crippen molar-refractivity contribution >= 4 is 12.2 Å². The van der Waals surface area contributed by atoms with E-state index in [1.807, 2.05) is 0 Å². The summed E-state index contributed by atoms with van der Waals surface area (Å²) in [7, 11) is 0. The molecule has 0 aliphatic heterocycles. The first-order valence-corrected chi connectivity index (χ1v) is 6.45. The Balaban J connectivity index is 2.63. The summed E-state index contributed by atoms with van der Waals surface area (Å²) in [5.74, 6) is 0.143. The van der Waals surface area contributed by atoms with Crippen LogP contribution in [0.3, 0.4) is 0 Å². The Morgan fingerprint density at radius 3 is 2.89 bits per heavy atom. The molecule has 1 atom stereocenters. The molecule has 0 bridgehead atoms. The lowest BCUT2D eigenvalue weighted by atomic mass is 10.3. The average molecular weight is 264 g/mol. The van der Waals surface area contributed by atoms with Gasteiger partial charge in [-0.05, 0) is 32.4 Å². The van der Waals surface area contributed by atoms with Crippen LogP contribution >= 0.6 is 0 Å². The van der Waals surface area contributed by atoms with E-state index in [2.05, 4.69) is 17.2 Å². The third kappa shape index (κ3) is 4.69. The molecule has 19 heavy (non-hydrogen) atoms. The number of nitrogens with one attached hydrogen (secondary N) is 1. The van der Waals surface area contributed by atoms with E-state index in [-0.39, 0.29) is 11.6 Å². The van der Waals surface area contributed by atoms with Gasteiger partial charge >= 0.3 is 0 Å². The van der Waals surface area contributed by atoms with Crippen molar-refractivity contribution in [3.05, 3.63) is 23.5 Å². The van der Waals surface area contributed by atoms with Crippen LogP contribution in [0.15, 0.2) is 12.1 Å². The van der Waals surface area contributed by atoms with Crippen molar-refractivity contribution in [2.45, 2.75) is 39.7 Å². The lowest BCUT2D eigenvalue weighted by Crippen LogP contribution is -2.37. The highest BCUT2D eigenvalue weighted by Gasteiger charge is 2.16. The van der Waals surface area contributed by atoms with Gasteiger partial charge in [-0.3, -0.25) is 9.59 Å². The molecule has 0 aliphatic rings. The van der Waals surface area contributed by atoms with Crippen LogP contribution in [0.2, 0.25) is 0 Å². The zero-order chi connectivity index (χ0) is 14.3. The molecule has 5 nitrogen and oxygen atoms in total. The van der Waals surface area contributed by atoms with Gasteiger partial charge in [-0.15, -0.1) is 0 Å². The number of hydrogen-bond donors (Lipinski definition) is 1. The molecule has 1 aromatic rings. The molecular formula is C14H20N2O3. The number of aldehydes is 1. The number of carbonyl (C=O) groups excluding carboxylic acids is 2. The molecule has 0 fully saturated rings. The fourth-order valence-electron chi connectivity index (χ4n) is 1.52. The third-order valence-electron chi connectivity index (χ3n) is 2.64. The summed E-state index contributed by atoms with van der Waals surface area (Å²) >= 11 is 0. The molecule has 1 unspecified atom stereocenters. The smallest absolute Gasteiger partial charge is 0.260 e. The zero-order valence-electron chi connectivity index (χ0n) is 11.6. The third-order valence-corrected chi connectivity index (χ3v) is 2.64. The van der Waals surface area contributed by atoms with E-state index in [0.29, 0.717) is 18.6 Å². The van der Waals surface area contributed by atoms with Gasteiger partial charge in [-0.25, -0.2) is 4.98 Å². The minimum absolute atomic E-state index is 0.189. The molecule has 0 aliphatic carbocycles. The number of amides is 1. The SMILES string of the molecule is CCCCNC(=O)C(C)Oc1ccc(C)nc1C=O. The van der Waals surface area contributed by atoms with Gasteiger partial charge in [-0.1, -0.05) is 13.3 Å². The van der Waals surface area contributed by atoms with E-state index in [1.165, 1.54) is 0 Å². The fraction of sp³-hybridized carbons (Fsp3) is 0.500. The van der Waals surface area contributed by atoms with Gasteiger partial charge in [0.2, 0.25) is 0 Å². The van der Waals surface area contributed by atoms with Gasteiger partial charge in [0.05, 0.1) is 0 Å². The summed E-state index contributed by atoms with van der Waals surface area (Å²) in [5.41, 5.74) is 0.947. The van der Waals surface area contributed by atoms with Crippen molar-refractivity contribution in [1.82, 2.24) is 10.3 Å². The molecular weight excluding hydrogens is 244 g/mol. The quantitative estimate of drug-likeness (QED) is 0.603. The number of aryl methyl sites for hydroxylation is 1. The number of unbranched alkanes of at least 4 members (excludes halogenated alkanes) is 1. The largest absolute Gasteiger partial charge is 0.479 e. The summed E-state index contributed by atoms with van der Waals surface area (Å²) in [4.78, 5) is 26.7. The van der Waals surface area contributed by atoms with Crippen molar-refractivity contribution in [1.29, 1.82) is 0 Å². The van der Waals surface area contributed by atoms with E-state index in [9.17, 15) is 9.59 Å². The molecule has 1 N–H and O–H groups in total. The summed E-state index contributed by atoms with van der Waals surface area (Å²) < 4.78 is 5.48. The van der Waals surface area contributed by atoms with Gasteiger partial charge < -0.3 is 10.1 Å². The topological polar surface area (TPSA) is 68.3 Å². The van der Waals surface area contributed by atoms with Crippen molar-refractivity contribution in [2.75, 3.05) is 6.54 Å². The predicted octanol–water partition coefficient (Wildman–Crippen LogP) is 1.89. The molecule has 1 amide bonds. The van der Waals surface area contributed by atoms with Crippen LogP contribution in [-0.2, 0) is 4.79 Å².